The molecule has 6 nitrogen and oxygen atoms in total. The Hall–Kier alpha value is -0.660. The Labute approximate surface area is 107 Å². The standard InChI is InChI=1S/C11H19NO5S/c13-11(14)7-10-8-12(3-4-17-10)9-1-5-18(15,16)6-2-9/h9-10H,1-8H2,(H,13,14). The highest BCUT2D eigenvalue weighted by atomic mass is 32.2. The van der Waals surface area contributed by atoms with Crippen molar-refractivity contribution in [2.24, 2.45) is 0 Å². The second kappa shape index (κ2) is 5.54. The maximum atomic E-state index is 11.4. The predicted molar refractivity (Wildman–Crippen MR) is 65.2 cm³/mol. The quantitative estimate of drug-likeness (QED) is 0.765. The summed E-state index contributed by atoms with van der Waals surface area (Å²) >= 11 is 0. The molecular weight excluding hydrogens is 258 g/mol. The average Bonchev–Trinajstić information content (AvgIpc) is 2.28. The van der Waals surface area contributed by atoms with E-state index in [4.69, 9.17) is 9.84 Å². The van der Waals surface area contributed by atoms with E-state index < -0.39 is 15.8 Å². The Morgan fingerprint density at radius 1 is 1.33 bits per heavy atom. The summed E-state index contributed by atoms with van der Waals surface area (Å²) < 4.78 is 28.1. The third-order valence-corrected chi connectivity index (χ3v) is 5.33. The van der Waals surface area contributed by atoms with Crippen LogP contribution in [0, 0.1) is 0 Å². The fraction of sp³-hybridized carbons (Fsp3) is 0.909. The van der Waals surface area contributed by atoms with Crippen molar-refractivity contribution in [2.45, 2.75) is 31.4 Å². The van der Waals surface area contributed by atoms with Crippen molar-refractivity contribution in [2.75, 3.05) is 31.2 Å². The summed E-state index contributed by atoms with van der Waals surface area (Å²) in [6.07, 6.45) is 1.06. The van der Waals surface area contributed by atoms with Gasteiger partial charge in [-0.2, -0.15) is 0 Å². The molecule has 18 heavy (non-hydrogen) atoms. The molecule has 104 valence electrons. The van der Waals surface area contributed by atoms with Gasteiger partial charge in [0.25, 0.3) is 0 Å². The minimum atomic E-state index is -2.84. The summed E-state index contributed by atoms with van der Waals surface area (Å²) in [7, 11) is -2.84. The Kier molecular flexibility index (Phi) is 4.24. The molecule has 0 aromatic rings. The molecule has 1 N–H and O–H groups in total. The van der Waals surface area contributed by atoms with E-state index in [1.54, 1.807) is 0 Å². The number of rotatable bonds is 3. The van der Waals surface area contributed by atoms with E-state index in [9.17, 15) is 13.2 Å². The maximum absolute atomic E-state index is 11.4. The first kappa shape index (κ1) is 13.8. The SMILES string of the molecule is O=C(O)CC1CN(C2CCS(=O)(=O)CC2)CCO1. The molecule has 0 aliphatic carbocycles. The first-order valence-corrected chi connectivity index (χ1v) is 8.06. The first-order chi connectivity index (χ1) is 8.46. The number of sulfone groups is 1. The molecule has 0 aromatic heterocycles. The predicted octanol–water partition coefficient (Wildman–Crippen LogP) is -0.261. The smallest absolute Gasteiger partial charge is 0.306 e. The lowest BCUT2D eigenvalue weighted by Crippen LogP contribution is -2.50. The van der Waals surface area contributed by atoms with Crippen LogP contribution < -0.4 is 0 Å². The van der Waals surface area contributed by atoms with Crippen LogP contribution in [0.3, 0.4) is 0 Å². The van der Waals surface area contributed by atoms with E-state index >= 15 is 0 Å². The van der Waals surface area contributed by atoms with E-state index in [-0.39, 0.29) is 30.1 Å². The Balaban J connectivity index is 1.87. The van der Waals surface area contributed by atoms with E-state index in [0.29, 0.717) is 26.0 Å². The summed E-state index contributed by atoms with van der Waals surface area (Å²) in [6.45, 7) is 1.89. The summed E-state index contributed by atoms with van der Waals surface area (Å²) in [4.78, 5) is 12.8. The van der Waals surface area contributed by atoms with Gasteiger partial charge in [-0.1, -0.05) is 0 Å². The van der Waals surface area contributed by atoms with Crippen LogP contribution in [0.4, 0.5) is 0 Å². The molecule has 2 aliphatic heterocycles. The molecule has 0 aromatic carbocycles. The second-order valence-corrected chi connectivity index (χ2v) is 7.27. The second-order valence-electron chi connectivity index (χ2n) is 4.97. The summed E-state index contributed by atoms with van der Waals surface area (Å²) in [6, 6.07) is 0.258. The van der Waals surface area contributed by atoms with Crippen molar-refractivity contribution >= 4 is 15.8 Å². The largest absolute Gasteiger partial charge is 0.481 e. The molecule has 7 heteroatoms. The van der Waals surface area contributed by atoms with E-state index in [1.807, 2.05) is 0 Å². The molecule has 0 amide bonds. The number of hydrogen-bond acceptors (Lipinski definition) is 5. The highest BCUT2D eigenvalue weighted by molar-refractivity contribution is 7.91. The molecule has 0 radical (unpaired) electrons. The highest BCUT2D eigenvalue weighted by Crippen LogP contribution is 2.21. The molecule has 0 bridgehead atoms. The monoisotopic (exact) mass is 277 g/mol. The van der Waals surface area contributed by atoms with E-state index in [0.717, 1.165) is 6.54 Å². The maximum Gasteiger partial charge on any atom is 0.306 e. The summed E-state index contributed by atoms with van der Waals surface area (Å²) in [5.74, 6) is -0.356. The first-order valence-electron chi connectivity index (χ1n) is 6.24. The lowest BCUT2D eigenvalue weighted by molar-refractivity contribution is -0.142. The molecule has 2 saturated heterocycles. The van der Waals surface area contributed by atoms with Gasteiger partial charge in [-0.15, -0.1) is 0 Å². The van der Waals surface area contributed by atoms with Gasteiger partial charge in [0.15, 0.2) is 0 Å². The van der Waals surface area contributed by atoms with Crippen molar-refractivity contribution in [1.82, 2.24) is 4.90 Å². The zero-order valence-electron chi connectivity index (χ0n) is 10.2. The minimum absolute atomic E-state index is 0.0154. The van der Waals surface area contributed by atoms with Gasteiger partial charge in [-0.05, 0) is 12.8 Å². The fourth-order valence-corrected chi connectivity index (χ4v) is 4.10. The number of carboxylic acid groups (broad SMARTS) is 1. The lowest BCUT2D eigenvalue weighted by Gasteiger charge is -2.39. The molecule has 0 spiro atoms. The number of hydrogen-bond donors (Lipinski definition) is 1. The summed E-state index contributed by atoms with van der Waals surface area (Å²) in [5.41, 5.74) is 0. The molecule has 2 heterocycles. The number of ether oxygens (including phenoxy) is 1. The van der Waals surface area contributed by atoms with Crippen LogP contribution in [0.5, 0.6) is 0 Å². The molecule has 1 atom stereocenters. The van der Waals surface area contributed by atoms with Crippen molar-refractivity contribution < 1.29 is 23.1 Å². The Morgan fingerprint density at radius 3 is 2.61 bits per heavy atom. The molecule has 1 unspecified atom stereocenters. The number of aliphatic carboxylic acids is 1. The molecule has 2 aliphatic rings. The molecular formula is C11H19NO5S. The normalized spacial score (nSPS) is 30.1. The minimum Gasteiger partial charge on any atom is -0.481 e. The van der Waals surface area contributed by atoms with Crippen LogP contribution in [0.15, 0.2) is 0 Å². The van der Waals surface area contributed by atoms with E-state index in [2.05, 4.69) is 4.90 Å². The third kappa shape index (κ3) is 3.66. The van der Waals surface area contributed by atoms with Crippen molar-refractivity contribution in [3.8, 4) is 0 Å². The van der Waals surface area contributed by atoms with Crippen LogP contribution in [-0.4, -0.2) is 67.7 Å². The van der Waals surface area contributed by atoms with Crippen LogP contribution in [0.2, 0.25) is 0 Å². The average molecular weight is 277 g/mol. The topological polar surface area (TPSA) is 83.9 Å². The van der Waals surface area contributed by atoms with Gasteiger partial charge in [0.2, 0.25) is 0 Å². The third-order valence-electron chi connectivity index (χ3n) is 3.61. The van der Waals surface area contributed by atoms with Gasteiger partial charge in [0.1, 0.15) is 9.84 Å². The van der Waals surface area contributed by atoms with Crippen LogP contribution in [0.1, 0.15) is 19.3 Å². The summed E-state index contributed by atoms with van der Waals surface area (Å²) in [5, 5.41) is 8.75. The van der Waals surface area contributed by atoms with Crippen LogP contribution in [-0.2, 0) is 19.4 Å². The van der Waals surface area contributed by atoms with Gasteiger partial charge in [-0.3, -0.25) is 9.69 Å². The van der Waals surface area contributed by atoms with Crippen molar-refractivity contribution in [1.29, 1.82) is 0 Å². The Morgan fingerprint density at radius 2 is 2.00 bits per heavy atom. The number of carbonyl (C=O) groups is 1. The van der Waals surface area contributed by atoms with Crippen molar-refractivity contribution in [3.63, 3.8) is 0 Å². The van der Waals surface area contributed by atoms with Crippen molar-refractivity contribution in [3.05, 3.63) is 0 Å². The Bertz CT molecular complexity index is 394. The van der Waals surface area contributed by atoms with Gasteiger partial charge < -0.3 is 9.84 Å². The number of nitrogens with zero attached hydrogens (tertiary/aromatic N) is 1. The lowest BCUT2D eigenvalue weighted by atomic mass is 10.1. The fourth-order valence-electron chi connectivity index (χ4n) is 2.63. The van der Waals surface area contributed by atoms with Crippen LogP contribution in [0.25, 0.3) is 0 Å². The van der Waals surface area contributed by atoms with Gasteiger partial charge >= 0.3 is 5.97 Å². The van der Waals surface area contributed by atoms with Gasteiger partial charge in [0, 0.05) is 19.1 Å². The van der Waals surface area contributed by atoms with Gasteiger partial charge in [0.05, 0.1) is 30.6 Å². The number of morpholine rings is 1. The molecule has 2 rings (SSSR count). The van der Waals surface area contributed by atoms with E-state index in [1.165, 1.54) is 0 Å². The number of carboxylic acids is 1. The molecule has 0 saturated carbocycles. The molecule has 2 fully saturated rings. The zero-order chi connectivity index (χ0) is 13.2. The van der Waals surface area contributed by atoms with Crippen LogP contribution >= 0.6 is 0 Å². The van der Waals surface area contributed by atoms with Gasteiger partial charge in [-0.25, -0.2) is 8.42 Å². The highest BCUT2D eigenvalue weighted by Gasteiger charge is 2.31. The zero-order valence-corrected chi connectivity index (χ0v) is 11.1.